The predicted octanol–water partition coefficient (Wildman–Crippen LogP) is 4.59. The molecule has 25 heavy (non-hydrogen) atoms. The molecule has 132 valence electrons. The van der Waals surface area contributed by atoms with Crippen LogP contribution in [0.25, 0.3) is 11.1 Å². The molecule has 3 nitrogen and oxygen atoms in total. The van der Waals surface area contributed by atoms with Crippen molar-refractivity contribution in [2.45, 2.75) is 38.0 Å². The first-order valence-electron chi connectivity index (χ1n) is 8.27. The molecule has 2 N–H and O–H groups in total. The smallest absolute Gasteiger partial charge is 0.225 e. The van der Waals surface area contributed by atoms with Crippen LogP contribution in [-0.4, -0.2) is 8.42 Å². The largest absolute Gasteiger partial charge is 0.238 e. The summed E-state index contributed by atoms with van der Waals surface area (Å²) in [7, 11) is -3.70. The van der Waals surface area contributed by atoms with Crippen LogP contribution in [0.2, 0.25) is 0 Å². The van der Waals surface area contributed by atoms with Gasteiger partial charge in [-0.1, -0.05) is 31.2 Å². The minimum atomic E-state index is -3.70. The van der Waals surface area contributed by atoms with Crippen molar-refractivity contribution in [2.24, 2.45) is 10.6 Å². The van der Waals surface area contributed by atoms with Gasteiger partial charge in [0.2, 0.25) is 10.0 Å². The van der Waals surface area contributed by atoms with Gasteiger partial charge in [-0.05, 0) is 78.1 Å². The van der Waals surface area contributed by atoms with Crippen molar-refractivity contribution in [3.63, 3.8) is 0 Å². The highest BCUT2D eigenvalue weighted by molar-refractivity contribution is 7.89. The highest BCUT2D eigenvalue weighted by Crippen LogP contribution is 2.52. The summed E-state index contributed by atoms with van der Waals surface area (Å²) in [5, 5.41) is 5.18. The number of nitrogens with two attached hydrogens (primary N) is 1. The van der Waals surface area contributed by atoms with Crippen molar-refractivity contribution in [2.75, 3.05) is 0 Å². The second-order valence-electron chi connectivity index (χ2n) is 7.17. The van der Waals surface area contributed by atoms with Gasteiger partial charge in [-0.25, -0.2) is 17.9 Å². The molecule has 1 aliphatic carbocycles. The molecule has 1 fully saturated rings. The SMILES string of the molecule is C/C(=C(\CC1(C)CC1)c1ccc(S(N)(=O)=O)cc1)c1ccc(F)cc1. The van der Waals surface area contributed by atoms with Gasteiger partial charge in [-0.3, -0.25) is 0 Å². The van der Waals surface area contributed by atoms with Crippen LogP contribution < -0.4 is 5.14 Å². The Hall–Kier alpha value is -1.98. The monoisotopic (exact) mass is 359 g/mol. The van der Waals surface area contributed by atoms with Gasteiger partial charge >= 0.3 is 0 Å². The predicted molar refractivity (Wildman–Crippen MR) is 98.7 cm³/mol. The van der Waals surface area contributed by atoms with Crippen LogP contribution in [0.15, 0.2) is 53.4 Å². The van der Waals surface area contributed by atoms with Crippen molar-refractivity contribution >= 4 is 21.2 Å². The molecule has 2 aromatic rings. The molecule has 0 bridgehead atoms. The zero-order valence-corrected chi connectivity index (χ0v) is 15.2. The molecule has 0 spiro atoms. The summed E-state index contributed by atoms with van der Waals surface area (Å²) in [5.41, 5.74) is 4.47. The molecule has 0 saturated heterocycles. The third kappa shape index (κ3) is 4.17. The van der Waals surface area contributed by atoms with Crippen molar-refractivity contribution < 1.29 is 12.8 Å². The maximum atomic E-state index is 13.2. The normalized spacial score (nSPS) is 17.1. The maximum Gasteiger partial charge on any atom is 0.238 e. The Labute approximate surface area is 148 Å². The van der Waals surface area contributed by atoms with E-state index in [1.165, 1.54) is 37.1 Å². The molecule has 0 amide bonds. The Bertz CT molecular complexity index is 909. The first kappa shape index (κ1) is 17.8. The van der Waals surface area contributed by atoms with Crippen LogP contribution in [0, 0.1) is 11.2 Å². The van der Waals surface area contributed by atoms with Crippen molar-refractivity contribution in [3.05, 3.63) is 65.5 Å². The summed E-state index contributed by atoms with van der Waals surface area (Å²) in [6, 6.07) is 13.1. The Kier molecular flexibility index (Phi) is 4.56. The summed E-state index contributed by atoms with van der Waals surface area (Å²) >= 11 is 0. The summed E-state index contributed by atoms with van der Waals surface area (Å²) < 4.78 is 36.2. The highest BCUT2D eigenvalue weighted by atomic mass is 32.2. The Balaban J connectivity index is 2.05. The molecule has 0 aliphatic heterocycles. The number of benzene rings is 2. The third-order valence-electron chi connectivity index (χ3n) is 4.97. The zero-order chi connectivity index (χ0) is 18.2. The minimum Gasteiger partial charge on any atom is -0.225 e. The van der Waals surface area contributed by atoms with E-state index in [4.69, 9.17) is 5.14 Å². The van der Waals surface area contributed by atoms with E-state index in [9.17, 15) is 12.8 Å². The van der Waals surface area contributed by atoms with Gasteiger partial charge in [0.1, 0.15) is 5.82 Å². The number of hydrogen-bond donors (Lipinski definition) is 1. The first-order chi connectivity index (χ1) is 11.7. The molecular weight excluding hydrogens is 337 g/mol. The van der Waals surface area contributed by atoms with Crippen LogP contribution in [-0.2, 0) is 10.0 Å². The quantitative estimate of drug-likeness (QED) is 0.794. The molecule has 0 radical (unpaired) electrons. The van der Waals surface area contributed by atoms with Gasteiger partial charge in [0.15, 0.2) is 0 Å². The van der Waals surface area contributed by atoms with Crippen molar-refractivity contribution in [1.82, 2.24) is 0 Å². The topological polar surface area (TPSA) is 60.2 Å². The number of allylic oxidation sites excluding steroid dienone is 2. The minimum absolute atomic E-state index is 0.104. The van der Waals surface area contributed by atoms with Crippen LogP contribution in [0.1, 0.15) is 44.2 Å². The lowest BCUT2D eigenvalue weighted by molar-refractivity contribution is 0.593. The molecule has 5 heteroatoms. The second-order valence-corrected chi connectivity index (χ2v) is 8.73. The molecule has 0 unspecified atom stereocenters. The van der Waals surface area contributed by atoms with Gasteiger partial charge in [0.05, 0.1) is 4.90 Å². The summed E-state index contributed by atoms with van der Waals surface area (Å²) in [6.45, 7) is 4.28. The van der Waals surface area contributed by atoms with E-state index < -0.39 is 10.0 Å². The first-order valence-corrected chi connectivity index (χ1v) is 9.82. The van der Waals surface area contributed by atoms with Gasteiger partial charge in [-0.15, -0.1) is 0 Å². The van der Waals surface area contributed by atoms with Crippen LogP contribution in [0.3, 0.4) is 0 Å². The Morgan fingerprint density at radius 3 is 2.04 bits per heavy atom. The molecule has 3 rings (SSSR count). The Morgan fingerprint density at radius 2 is 1.56 bits per heavy atom. The maximum absolute atomic E-state index is 13.2. The third-order valence-corrected chi connectivity index (χ3v) is 5.90. The molecule has 0 heterocycles. The van der Waals surface area contributed by atoms with Crippen LogP contribution in [0.5, 0.6) is 0 Å². The lowest BCUT2D eigenvalue weighted by Crippen LogP contribution is -2.12. The van der Waals surface area contributed by atoms with E-state index in [2.05, 4.69) is 6.92 Å². The molecule has 1 saturated carbocycles. The van der Waals surface area contributed by atoms with E-state index >= 15 is 0 Å². The van der Waals surface area contributed by atoms with Gasteiger partial charge in [0.25, 0.3) is 0 Å². The van der Waals surface area contributed by atoms with E-state index in [1.807, 2.05) is 6.92 Å². The molecule has 2 aromatic carbocycles. The van der Waals surface area contributed by atoms with Crippen LogP contribution >= 0.6 is 0 Å². The average Bonchev–Trinajstić information content (AvgIpc) is 3.30. The van der Waals surface area contributed by atoms with E-state index in [-0.39, 0.29) is 16.1 Å². The molecular formula is C20H22FNO2S. The lowest BCUT2D eigenvalue weighted by atomic mass is 9.88. The van der Waals surface area contributed by atoms with E-state index in [0.717, 1.165) is 28.7 Å². The van der Waals surface area contributed by atoms with Gasteiger partial charge in [-0.2, -0.15) is 0 Å². The fourth-order valence-electron chi connectivity index (χ4n) is 2.99. The summed E-state index contributed by atoms with van der Waals surface area (Å²) in [4.78, 5) is 0.104. The molecule has 1 aliphatic rings. The molecule has 0 atom stereocenters. The van der Waals surface area contributed by atoms with Crippen LogP contribution in [0.4, 0.5) is 4.39 Å². The highest BCUT2D eigenvalue weighted by Gasteiger charge is 2.38. The number of rotatable bonds is 5. The number of halogens is 1. The van der Waals surface area contributed by atoms with Gasteiger partial charge < -0.3 is 0 Å². The lowest BCUT2D eigenvalue weighted by Gasteiger charge is -2.17. The number of sulfonamides is 1. The fourth-order valence-corrected chi connectivity index (χ4v) is 3.50. The number of hydrogen-bond acceptors (Lipinski definition) is 2. The number of primary sulfonamides is 1. The van der Waals surface area contributed by atoms with Gasteiger partial charge in [0, 0.05) is 0 Å². The fraction of sp³-hybridized carbons (Fsp3) is 0.300. The molecule has 0 aromatic heterocycles. The van der Waals surface area contributed by atoms with Crippen molar-refractivity contribution in [3.8, 4) is 0 Å². The van der Waals surface area contributed by atoms with E-state index in [0.29, 0.717) is 0 Å². The summed E-state index contributed by atoms with van der Waals surface area (Å²) in [6.07, 6.45) is 3.27. The van der Waals surface area contributed by atoms with Crippen molar-refractivity contribution in [1.29, 1.82) is 0 Å². The summed E-state index contributed by atoms with van der Waals surface area (Å²) in [5.74, 6) is -0.259. The Morgan fingerprint density at radius 1 is 1.04 bits per heavy atom. The van der Waals surface area contributed by atoms with E-state index in [1.54, 1.807) is 24.3 Å². The average molecular weight is 359 g/mol. The zero-order valence-electron chi connectivity index (χ0n) is 14.4. The standard InChI is InChI=1S/C20H22FNO2S/c1-14(15-3-7-17(21)8-4-15)19(13-20(2)11-12-20)16-5-9-18(10-6-16)25(22,23)24/h3-10H,11-13H2,1-2H3,(H2,22,23,24)/b19-14-. The second kappa shape index (κ2) is 6.39.